The van der Waals surface area contributed by atoms with E-state index in [0.717, 1.165) is 18.7 Å². The third-order valence-electron chi connectivity index (χ3n) is 2.13. The Morgan fingerprint density at radius 3 is 3.07 bits per heavy atom. The predicted octanol–water partition coefficient (Wildman–Crippen LogP) is 1.15. The third-order valence-corrected chi connectivity index (χ3v) is 2.93. The molecule has 2 heterocycles. The molecule has 0 aromatic carbocycles. The second-order valence-electron chi connectivity index (χ2n) is 3.18. The molecule has 2 aromatic heterocycles. The molecular formula is C9H13N5S. The zero-order chi connectivity index (χ0) is 10.5. The van der Waals surface area contributed by atoms with Gasteiger partial charge in [0.15, 0.2) is 0 Å². The Morgan fingerprint density at radius 1 is 1.53 bits per heavy atom. The highest BCUT2D eigenvalue weighted by Gasteiger charge is 2.14. The van der Waals surface area contributed by atoms with Gasteiger partial charge in [-0.05, 0) is 6.54 Å². The zero-order valence-corrected chi connectivity index (χ0v) is 9.29. The van der Waals surface area contributed by atoms with Gasteiger partial charge in [-0.1, -0.05) is 6.92 Å². The summed E-state index contributed by atoms with van der Waals surface area (Å²) in [6.07, 6.45) is 4.56. The molecular weight excluding hydrogens is 210 g/mol. The number of aromatic nitrogens is 4. The van der Waals surface area contributed by atoms with Crippen LogP contribution in [0.5, 0.6) is 0 Å². The molecule has 1 atom stereocenters. The maximum atomic E-state index is 4.10. The van der Waals surface area contributed by atoms with E-state index < -0.39 is 0 Å². The van der Waals surface area contributed by atoms with Crippen molar-refractivity contribution in [3.63, 3.8) is 0 Å². The van der Waals surface area contributed by atoms with Gasteiger partial charge in [-0.15, -0.1) is 11.3 Å². The molecule has 0 saturated heterocycles. The summed E-state index contributed by atoms with van der Waals surface area (Å²) in [4.78, 5) is 5.32. The molecule has 0 fully saturated rings. The van der Waals surface area contributed by atoms with Crippen molar-refractivity contribution in [1.29, 1.82) is 0 Å². The smallest absolute Gasteiger partial charge is 0.0997 e. The molecule has 5 nitrogen and oxygen atoms in total. The summed E-state index contributed by atoms with van der Waals surface area (Å²) in [5, 5.41) is 13.9. The average Bonchev–Trinajstić information content (AvgIpc) is 2.89. The van der Waals surface area contributed by atoms with E-state index in [9.17, 15) is 0 Å². The molecule has 0 amide bonds. The van der Waals surface area contributed by atoms with Gasteiger partial charge >= 0.3 is 0 Å². The van der Waals surface area contributed by atoms with Crippen LogP contribution in [0.4, 0.5) is 0 Å². The first-order valence-electron chi connectivity index (χ1n) is 4.86. The van der Waals surface area contributed by atoms with Gasteiger partial charge in [-0.2, -0.15) is 15.4 Å². The maximum absolute atomic E-state index is 4.10. The minimum atomic E-state index is 0.217. The van der Waals surface area contributed by atoms with Crippen LogP contribution in [0.1, 0.15) is 23.5 Å². The number of hydrogen-bond donors (Lipinski definition) is 2. The molecule has 6 heteroatoms. The van der Waals surface area contributed by atoms with Crippen molar-refractivity contribution in [1.82, 2.24) is 25.7 Å². The number of thiazole rings is 1. The lowest BCUT2D eigenvalue weighted by Gasteiger charge is -2.13. The molecule has 1 unspecified atom stereocenters. The fourth-order valence-electron chi connectivity index (χ4n) is 1.45. The van der Waals surface area contributed by atoms with Crippen LogP contribution in [-0.4, -0.2) is 26.9 Å². The minimum absolute atomic E-state index is 0.217. The van der Waals surface area contributed by atoms with E-state index in [0.29, 0.717) is 0 Å². The number of H-pyrrole nitrogens is 1. The van der Waals surface area contributed by atoms with Crippen molar-refractivity contribution in [3.05, 3.63) is 28.5 Å². The third kappa shape index (κ3) is 2.60. The second kappa shape index (κ2) is 4.99. The quantitative estimate of drug-likeness (QED) is 0.798. The van der Waals surface area contributed by atoms with E-state index in [4.69, 9.17) is 0 Å². The van der Waals surface area contributed by atoms with E-state index in [1.54, 1.807) is 17.5 Å². The summed E-state index contributed by atoms with van der Waals surface area (Å²) >= 11 is 1.66. The van der Waals surface area contributed by atoms with E-state index in [-0.39, 0.29) is 6.04 Å². The van der Waals surface area contributed by atoms with Gasteiger partial charge < -0.3 is 5.32 Å². The van der Waals surface area contributed by atoms with Crippen molar-refractivity contribution >= 4 is 11.3 Å². The summed E-state index contributed by atoms with van der Waals surface area (Å²) in [5.74, 6) is 0. The molecule has 0 bridgehead atoms. The molecule has 2 rings (SSSR count). The highest BCUT2D eigenvalue weighted by Crippen LogP contribution is 2.17. The number of aromatic amines is 1. The highest BCUT2D eigenvalue weighted by molar-refractivity contribution is 7.09. The second-order valence-corrected chi connectivity index (χ2v) is 4.15. The lowest BCUT2D eigenvalue weighted by atomic mass is 10.1. The summed E-state index contributed by atoms with van der Waals surface area (Å²) in [5.41, 5.74) is 2.80. The van der Waals surface area contributed by atoms with Crippen LogP contribution in [0.3, 0.4) is 0 Å². The first-order valence-corrected chi connectivity index (χ1v) is 5.74. The Labute approximate surface area is 91.9 Å². The first-order chi connectivity index (χ1) is 7.40. The van der Waals surface area contributed by atoms with E-state index >= 15 is 0 Å². The number of hydrogen-bond acceptors (Lipinski definition) is 5. The lowest BCUT2D eigenvalue weighted by molar-refractivity contribution is 0.538. The fraction of sp³-hybridized carbons (Fsp3) is 0.444. The minimum Gasteiger partial charge on any atom is -0.308 e. The Balaban J connectivity index is 2.07. The van der Waals surface area contributed by atoms with Gasteiger partial charge in [0.2, 0.25) is 0 Å². The molecule has 15 heavy (non-hydrogen) atoms. The number of nitrogens with one attached hydrogen (secondary N) is 2. The topological polar surface area (TPSA) is 66.5 Å². The summed E-state index contributed by atoms with van der Waals surface area (Å²) in [6, 6.07) is 0.217. The highest BCUT2D eigenvalue weighted by atomic mass is 32.1. The molecule has 0 saturated carbocycles. The predicted molar refractivity (Wildman–Crippen MR) is 58.6 cm³/mol. The van der Waals surface area contributed by atoms with Gasteiger partial charge in [0.25, 0.3) is 0 Å². The van der Waals surface area contributed by atoms with Crippen LogP contribution in [0, 0.1) is 0 Å². The molecule has 80 valence electrons. The van der Waals surface area contributed by atoms with Crippen LogP contribution >= 0.6 is 11.3 Å². The van der Waals surface area contributed by atoms with Crippen molar-refractivity contribution in [2.75, 3.05) is 6.54 Å². The Kier molecular flexibility index (Phi) is 3.41. The molecule has 0 aliphatic heterocycles. The number of rotatable bonds is 5. The average molecular weight is 223 g/mol. The first kappa shape index (κ1) is 10.3. The van der Waals surface area contributed by atoms with Gasteiger partial charge in [0.05, 0.1) is 23.4 Å². The summed E-state index contributed by atoms with van der Waals surface area (Å²) < 4.78 is 0. The zero-order valence-electron chi connectivity index (χ0n) is 8.47. The monoisotopic (exact) mass is 223 g/mol. The molecule has 0 spiro atoms. The standard InChI is InChI=1S/C9H13N5S/c1-2-11-8(9-5-12-14-13-9)3-7-4-10-6-15-7/h4-6,8,11H,2-3H2,1H3,(H,12,13,14). The van der Waals surface area contributed by atoms with E-state index in [1.807, 2.05) is 11.7 Å². The van der Waals surface area contributed by atoms with Gasteiger partial charge in [0, 0.05) is 17.5 Å². The van der Waals surface area contributed by atoms with Crippen molar-refractivity contribution < 1.29 is 0 Å². The van der Waals surface area contributed by atoms with Crippen LogP contribution in [0.2, 0.25) is 0 Å². The molecule has 2 N–H and O–H groups in total. The fourth-order valence-corrected chi connectivity index (χ4v) is 2.09. The summed E-state index contributed by atoms with van der Waals surface area (Å²) in [6.45, 7) is 3.00. The maximum Gasteiger partial charge on any atom is 0.0997 e. The van der Waals surface area contributed by atoms with Gasteiger partial charge in [0.1, 0.15) is 0 Å². The largest absolute Gasteiger partial charge is 0.308 e. The van der Waals surface area contributed by atoms with E-state index in [1.165, 1.54) is 4.88 Å². The van der Waals surface area contributed by atoms with Gasteiger partial charge in [-0.25, -0.2) is 0 Å². The van der Waals surface area contributed by atoms with Crippen LogP contribution in [0.15, 0.2) is 17.9 Å². The van der Waals surface area contributed by atoms with Gasteiger partial charge in [-0.3, -0.25) is 4.98 Å². The van der Waals surface area contributed by atoms with Crippen LogP contribution in [0.25, 0.3) is 0 Å². The SMILES string of the molecule is CCNC(Cc1cncs1)c1cn[nH]n1. The molecule has 0 aliphatic rings. The van der Waals surface area contributed by atoms with Crippen molar-refractivity contribution in [2.24, 2.45) is 0 Å². The molecule has 0 radical (unpaired) electrons. The normalized spacial score (nSPS) is 12.9. The van der Waals surface area contributed by atoms with Crippen LogP contribution in [-0.2, 0) is 6.42 Å². The van der Waals surface area contributed by atoms with Crippen molar-refractivity contribution in [2.45, 2.75) is 19.4 Å². The number of likely N-dealkylation sites (N-methyl/N-ethyl adjacent to an activating group) is 1. The molecule has 2 aromatic rings. The summed E-state index contributed by atoms with van der Waals surface area (Å²) in [7, 11) is 0. The molecule has 0 aliphatic carbocycles. The lowest BCUT2D eigenvalue weighted by Crippen LogP contribution is -2.23. The van der Waals surface area contributed by atoms with Crippen molar-refractivity contribution in [3.8, 4) is 0 Å². The Hall–Kier alpha value is -1.27. The van der Waals surface area contributed by atoms with E-state index in [2.05, 4.69) is 32.6 Å². The Bertz CT molecular complexity index is 369. The Morgan fingerprint density at radius 2 is 2.47 bits per heavy atom. The number of nitrogens with zero attached hydrogens (tertiary/aromatic N) is 3. The van der Waals surface area contributed by atoms with Crippen LogP contribution < -0.4 is 5.32 Å².